The van der Waals surface area contributed by atoms with E-state index in [9.17, 15) is 26.0 Å². The van der Waals surface area contributed by atoms with Crippen LogP contribution in [0.2, 0.25) is 0 Å². The standard InChI is InChI=1S/C21H20F4N4O2S.ClH/c22-15(6-7-26)11-29-12-27-20-18(9-14(10-19(20)29)21(23,24)25)13-2-1-3-17(8-13)32(30,31)28-16-4-5-16;/h1-3,6,8-10,12,16,28H,4-5,7,11,26H2;1H/b15-6-;. The Morgan fingerprint density at radius 2 is 1.97 bits per heavy atom. The lowest BCUT2D eigenvalue weighted by Gasteiger charge is -2.13. The number of imidazole rings is 1. The fourth-order valence-corrected chi connectivity index (χ4v) is 4.70. The fraction of sp³-hybridized carbons (Fsp3) is 0.286. The number of nitrogens with zero attached hydrogens (tertiary/aromatic N) is 2. The first kappa shape index (κ1) is 25.2. The summed E-state index contributed by atoms with van der Waals surface area (Å²) in [5, 5.41) is 0. The second kappa shape index (κ2) is 9.41. The highest BCUT2D eigenvalue weighted by Crippen LogP contribution is 2.37. The summed E-state index contributed by atoms with van der Waals surface area (Å²) in [6.45, 7) is -0.373. The van der Waals surface area contributed by atoms with Gasteiger partial charge in [0.05, 0.1) is 34.4 Å². The van der Waals surface area contributed by atoms with Gasteiger partial charge in [-0.3, -0.25) is 0 Å². The molecular weight excluding hydrogens is 484 g/mol. The Bertz CT molecular complexity index is 1300. The molecular formula is C21H21ClF4N4O2S. The molecule has 1 aromatic heterocycles. The van der Waals surface area contributed by atoms with E-state index in [0.29, 0.717) is 0 Å². The molecule has 12 heteroatoms. The molecule has 1 saturated carbocycles. The second-order valence-electron chi connectivity index (χ2n) is 7.57. The zero-order chi connectivity index (χ0) is 23.1. The van der Waals surface area contributed by atoms with Crippen molar-refractivity contribution in [3.63, 3.8) is 0 Å². The summed E-state index contributed by atoms with van der Waals surface area (Å²) in [5.41, 5.74) is 4.96. The van der Waals surface area contributed by atoms with Gasteiger partial charge < -0.3 is 10.3 Å². The summed E-state index contributed by atoms with van der Waals surface area (Å²) in [6, 6.07) is 7.37. The molecule has 0 unspecified atom stereocenters. The smallest absolute Gasteiger partial charge is 0.327 e. The van der Waals surface area contributed by atoms with Crippen molar-refractivity contribution in [3.8, 4) is 11.1 Å². The number of hydrogen-bond donors (Lipinski definition) is 2. The van der Waals surface area contributed by atoms with Crippen LogP contribution in [-0.4, -0.2) is 30.6 Å². The molecule has 1 aliphatic carbocycles. The highest BCUT2D eigenvalue weighted by molar-refractivity contribution is 7.89. The molecule has 1 aliphatic rings. The van der Waals surface area contributed by atoms with Gasteiger partial charge in [-0.15, -0.1) is 12.4 Å². The van der Waals surface area contributed by atoms with E-state index in [-0.39, 0.29) is 58.6 Å². The first-order valence-corrected chi connectivity index (χ1v) is 11.3. The number of aromatic nitrogens is 2. The number of hydrogen-bond acceptors (Lipinski definition) is 4. The van der Waals surface area contributed by atoms with E-state index in [0.717, 1.165) is 31.1 Å². The number of benzene rings is 2. The van der Waals surface area contributed by atoms with Gasteiger partial charge in [0.15, 0.2) is 0 Å². The Morgan fingerprint density at radius 1 is 1.24 bits per heavy atom. The number of alkyl halides is 3. The monoisotopic (exact) mass is 504 g/mol. The van der Waals surface area contributed by atoms with Gasteiger partial charge in [0, 0.05) is 18.2 Å². The van der Waals surface area contributed by atoms with E-state index in [1.807, 2.05) is 0 Å². The van der Waals surface area contributed by atoms with Crippen LogP contribution in [0.25, 0.3) is 22.2 Å². The van der Waals surface area contributed by atoms with Crippen molar-refractivity contribution in [2.45, 2.75) is 36.5 Å². The Labute approximate surface area is 193 Å². The van der Waals surface area contributed by atoms with Gasteiger partial charge >= 0.3 is 6.18 Å². The Hall–Kier alpha value is -2.47. The fourth-order valence-electron chi connectivity index (χ4n) is 3.35. The number of halogens is 5. The normalized spacial score (nSPS) is 15.0. The number of rotatable bonds is 7. The topological polar surface area (TPSA) is 90.0 Å². The molecule has 6 nitrogen and oxygen atoms in total. The number of fused-ring (bicyclic) bond motifs is 1. The summed E-state index contributed by atoms with van der Waals surface area (Å²) >= 11 is 0. The van der Waals surface area contributed by atoms with E-state index in [2.05, 4.69) is 9.71 Å². The SMILES string of the molecule is Cl.NC/C=C(\F)Cn1cnc2c(-c3cccc(S(=O)(=O)NC4CC4)c3)cc(C(F)(F)F)cc21. The van der Waals surface area contributed by atoms with Crippen LogP contribution in [0.15, 0.2) is 59.5 Å². The van der Waals surface area contributed by atoms with Gasteiger partial charge in [-0.2, -0.15) is 13.2 Å². The zero-order valence-corrected chi connectivity index (χ0v) is 18.8. The Morgan fingerprint density at radius 3 is 2.61 bits per heavy atom. The second-order valence-corrected chi connectivity index (χ2v) is 9.29. The molecule has 33 heavy (non-hydrogen) atoms. The minimum absolute atomic E-state index is 0. The summed E-state index contributed by atoms with van der Waals surface area (Å²) in [7, 11) is -3.80. The van der Waals surface area contributed by atoms with Crippen LogP contribution >= 0.6 is 12.4 Å². The van der Waals surface area contributed by atoms with Crippen LogP contribution in [0.4, 0.5) is 17.6 Å². The largest absolute Gasteiger partial charge is 0.416 e. The van der Waals surface area contributed by atoms with Crippen molar-refractivity contribution in [2.24, 2.45) is 5.73 Å². The Balaban J connectivity index is 0.00000306. The van der Waals surface area contributed by atoms with Gasteiger partial charge in [-0.1, -0.05) is 12.1 Å². The summed E-state index contributed by atoms with van der Waals surface area (Å²) in [4.78, 5) is 4.13. The first-order chi connectivity index (χ1) is 15.1. The Kier molecular flexibility index (Phi) is 7.18. The van der Waals surface area contributed by atoms with Crippen molar-refractivity contribution in [3.05, 3.63) is 60.2 Å². The predicted molar refractivity (Wildman–Crippen MR) is 119 cm³/mol. The lowest BCUT2D eigenvalue weighted by molar-refractivity contribution is -0.137. The molecule has 0 atom stereocenters. The van der Waals surface area contributed by atoms with Crippen molar-refractivity contribution in [1.29, 1.82) is 0 Å². The van der Waals surface area contributed by atoms with Crippen LogP contribution < -0.4 is 10.5 Å². The predicted octanol–water partition coefficient (Wildman–Crippen LogP) is 4.40. The molecule has 0 aliphatic heterocycles. The number of nitrogens with one attached hydrogen (secondary N) is 1. The molecule has 4 rings (SSSR count). The van der Waals surface area contributed by atoms with E-state index in [1.165, 1.54) is 35.2 Å². The van der Waals surface area contributed by atoms with Gasteiger partial charge in [0.1, 0.15) is 5.83 Å². The first-order valence-electron chi connectivity index (χ1n) is 9.82. The van der Waals surface area contributed by atoms with Crippen LogP contribution in [0.1, 0.15) is 18.4 Å². The van der Waals surface area contributed by atoms with Crippen molar-refractivity contribution in [2.75, 3.05) is 6.54 Å². The molecule has 0 bridgehead atoms. The molecule has 0 saturated heterocycles. The van der Waals surface area contributed by atoms with E-state index >= 15 is 0 Å². The van der Waals surface area contributed by atoms with Crippen molar-refractivity contribution < 1.29 is 26.0 Å². The van der Waals surface area contributed by atoms with Crippen LogP contribution in [0.5, 0.6) is 0 Å². The third-order valence-electron chi connectivity index (χ3n) is 5.07. The zero-order valence-electron chi connectivity index (χ0n) is 17.1. The minimum atomic E-state index is -4.67. The maximum Gasteiger partial charge on any atom is 0.416 e. The van der Waals surface area contributed by atoms with Crippen molar-refractivity contribution in [1.82, 2.24) is 14.3 Å². The lowest BCUT2D eigenvalue weighted by Crippen LogP contribution is -2.25. The maximum atomic E-state index is 14.0. The summed E-state index contributed by atoms with van der Waals surface area (Å²) < 4.78 is 83.8. The lowest BCUT2D eigenvalue weighted by atomic mass is 10.0. The minimum Gasteiger partial charge on any atom is -0.327 e. The molecule has 3 N–H and O–H groups in total. The average Bonchev–Trinajstić information content (AvgIpc) is 3.44. The van der Waals surface area contributed by atoms with Crippen LogP contribution in [0.3, 0.4) is 0 Å². The summed E-state index contributed by atoms with van der Waals surface area (Å²) in [5.74, 6) is -0.606. The highest BCUT2D eigenvalue weighted by Gasteiger charge is 2.33. The number of nitrogens with two attached hydrogens (primary N) is 1. The van der Waals surface area contributed by atoms with E-state index in [1.54, 1.807) is 0 Å². The maximum absolute atomic E-state index is 14.0. The molecule has 0 amide bonds. The van der Waals surface area contributed by atoms with E-state index in [4.69, 9.17) is 5.73 Å². The number of allylic oxidation sites excluding steroid dienone is 1. The van der Waals surface area contributed by atoms with Crippen LogP contribution in [-0.2, 0) is 22.7 Å². The van der Waals surface area contributed by atoms with E-state index < -0.39 is 27.6 Å². The van der Waals surface area contributed by atoms with Crippen LogP contribution in [0, 0.1) is 0 Å². The molecule has 2 aromatic carbocycles. The third kappa shape index (κ3) is 5.55. The third-order valence-corrected chi connectivity index (χ3v) is 6.59. The van der Waals surface area contributed by atoms with Gasteiger partial charge in [0.25, 0.3) is 0 Å². The molecule has 0 radical (unpaired) electrons. The summed E-state index contributed by atoms with van der Waals surface area (Å²) in [6.07, 6.45) is -0.796. The molecule has 1 heterocycles. The highest BCUT2D eigenvalue weighted by atomic mass is 35.5. The molecule has 1 fully saturated rings. The van der Waals surface area contributed by atoms with Crippen molar-refractivity contribution >= 4 is 33.5 Å². The van der Waals surface area contributed by atoms with Gasteiger partial charge in [-0.05, 0) is 48.7 Å². The van der Waals surface area contributed by atoms with Gasteiger partial charge in [0.2, 0.25) is 10.0 Å². The molecule has 178 valence electrons. The quantitative estimate of drug-likeness (QED) is 0.467. The molecule has 0 spiro atoms. The van der Waals surface area contributed by atoms with Gasteiger partial charge in [-0.25, -0.2) is 22.5 Å². The molecule has 3 aromatic rings. The average molecular weight is 505 g/mol. The number of sulfonamides is 1.